The molecule has 0 atom stereocenters. The Hall–Kier alpha value is -0.930. The number of nitrogens with zero attached hydrogens (tertiary/aromatic N) is 2. The Labute approximate surface area is 111 Å². The monoisotopic (exact) mass is 247 g/mol. The second-order valence-corrected chi connectivity index (χ2v) is 6.35. The third-order valence-electron chi connectivity index (χ3n) is 3.32. The smallest absolute Gasteiger partial charge is 0.0312 e. The molecule has 0 aromatic carbocycles. The maximum atomic E-state index is 4.16. The molecule has 0 amide bonds. The van der Waals surface area contributed by atoms with Gasteiger partial charge in [0.05, 0.1) is 0 Å². The molecule has 0 unspecified atom stereocenters. The van der Waals surface area contributed by atoms with Crippen LogP contribution in [0.4, 0.5) is 0 Å². The second-order valence-electron chi connectivity index (χ2n) is 6.35. The highest BCUT2D eigenvalue weighted by Gasteiger charge is 2.26. The first-order valence-electron chi connectivity index (χ1n) is 6.86. The predicted octanol–water partition coefficient (Wildman–Crippen LogP) is 2.29. The molecule has 1 heterocycles. The zero-order valence-corrected chi connectivity index (χ0v) is 11.8. The Morgan fingerprint density at radius 1 is 1.44 bits per heavy atom. The summed E-state index contributed by atoms with van der Waals surface area (Å²) in [5, 5.41) is 3.63. The first-order valence-corrected chi connectivity index (χ1v) is 6.86. The Morgan fingerprint density at radius 3 is 2.83 bits per heavy atom. The number of aromatic nitrogens is 1. The molecule has 0 saturated heterocycles. The molecule has 0 bridgehead atoms. The molecule has 1 N–H and O–H groups in total. The maximum Gasteiger partial charge on any atom is 0.0312 e. The molecule has 1 fully saturated rings. The first-order chi connectivity index (χ1) is 8.55. The molecule has 0 aliphatic heterocycles. The molecule has 100 valence electrons. The van der Waals surface area contributed by atoms with Crippen molar-refractivity contribution in [2.45, 2.75) is 39.3 Å². The van der Waals surface area contributed by atoms with Gasteiger partial charge in [0.1, 0.15) is 0 Å². The fourth-order valence-corrected chi connectivity index (χ4v) is 2.35. The molecule has 3 nitrogen and oxygen atoms in total. The van der Waals surface area contributed by atoms with Gasteiger partial charge in [-0.1, -0.05) is 19.9 Å². The van der Waals surface area contributed by atoms with E-state index in [0.29, 0.717) is 5.41 Å². The highest BCUT2D eigenvalue weighted by Crippen LogP contribution is 2.22. The number of hydrogen-bond donors (Lipinski definition) is 1. The largest absolute Gasteiger partial charge is 0.313 e. The van der Waals surface area contributed by atoms with Gasteiger partial charge in [-0.15, -0.1) is 0 Å². The van der Waals surface area contributed by atoms with Crippen molar-refractivity contribution in [1.82, 2.24) is 15.2 Å². The minimum atomic E-state index is 0.319. The molecule has 0 radical (unpaired) electrons. The van der Waals surface area contributed by atoms with Crippen LogP contribution in [0.15, 0.2) is 24.5 Å². The van der Waals surface area contributed by atoms with E-state index >= 15 is 0 Å². The van der Waals surface area contributed by atoms with Crippen LogP contribution in [0.1, 0.15) is 32.3 Å². The molecule has 1 aromatic heterocycles. The summed E-state index contributed by atoms with van der Waals surface area (Å²) < 4.78 is 0. The normalized spacial score (nSPS) is 16.2. The fraction of sp³-hybridized carbons (Fsp3) is 0.667. The van der Waals surface area contributed by atoms with Gasteiger partial charge in [0.15, 0.2) is 0 Å². The quantitative estimate of drug-likeness (QED) is 0.801. The van der Waals surface area contributed by atoms with Crippen molar-refractivity contribution in [2.75, 3.05) is 20.1 Å². The van der Waals surface area contributed by atoms with Crippen molar-refractivity contribution in [3.63, 3.8) is 0 Å². The SMILES string of the molecule is CN(Cc1cccnc1)CC(C)(C)CNC1CC1. The summed E-state index contributed by atoms with van der Waals surface area (Å²) in [4.78, 5) is 6.54. The lowest BCUT2D eigenvalue weighted by Gasteiger charge is -2.30. The molecule has 3 heteroatoms. The average molecular weight is 247 g/mol. The van der Waals surface area contributed by atoms with Crippen LogP contribution in [0.5, 0.6) is 0 Å². The molecule has 0 spiro atoms. The summed E-state index contributed by atoms with van der Waals surface area (Å²) in [7, 11) is 2.19. The van der Waals surface area contributed by atoms with Crippen LogP contribution in [0.3, 0.4) is 0 Å². The highest BCUT2D eigenvalue weighted by atomic mass is 15.1. The van der Waals surface area contributed by atoms with Gasteiger partial charge in [0.25, 0.3) is 0 Å². The zero-order valence-electron chi connectivity index (χ0n) is 11.8. The van der Waals surface area contributed by atoms with Gasteiger partial charge in [-0.3, -0.25) is 4.98 Å². The van der Waals surface area contributed by atoms with E-state index in [9.17, 15) is 0 Å². The van der Waals surface area contributed by atoms with Crippen molar-refractivity contribution in [2.24, 2.45) is 5.41 Å². The minimum absolute atomic E-state index is 0.319. The van der Waals surface area contributed by atoms with Crippen molar-refractivity contribution in [3.05, 3.63) is 30.1 Å². The van der Waals surface area contributed by atoms with Gasteiger partial charge in [0.2, 0.25) is 0 Å². The fourth-order valence-electron chi connectivity index (χ4n) is 2.35. The summed E-state index contributed by atoms with van der Waals surface area (Å²) in [5.41, 5.74) is 1.60. The molecular formula is C15H25N3. The van der Waals surface area contributed by atoms with Crippen molar-refractivity contribution < 1.29 is 0 Å². The standard InChI is InChI=1S/C15H25N3/c1-15(2,11-17-14-6-7-14)12-18(3)10-13-5-4-8-16-9-13/h4-5,8-9,14,17H,6-7,10-12H2,1-3H3. The Bertz CT molecular complexity index is 357. The topological polar surface area (TPSA) is 28.2 Å². The van der Waals surface area contributed by atoms with E-state index in [0.717, 1.165) is 25.7 Å². The Balaban J connectivity index is 1.76. The van der Waals surface area contributed by atoms with E-state index in [4.69, 9.17) is 0 Å². The molecule has 18 heavy (non-hydrogen) atoms. The lowest BCUT2D eigenvalue weighted by molar-refractivity contribution is 0.198. The number of pyridine rings is 1. The van der Waals surface area contributed by atoms with Gasteiger partial charge in [0, 0.05) is 38.1 Å². The Kier molecular flexibility index (Phi) is 4.36. The average Bonchev–Trinajstić information content (AvgIpc) is 3.10. The number of hydrogen-bond acceptors (Lipinski definition) is 3. The van der Waals surface area contributed by atoms with Crippen LogP contribution >= 0.6 is 0 Å². The molecular weight excluding hydrogens is 222 g/mol. The summed E-state index contributed by atoms with van der Waals surface area (Å²) in [6.07, 6.45) is 6.50. The van der Waals surface area contributed by atoms with Crippen LogP contribution in [0.25, 0.3) is 0 Å². The molecule has 1 aromatic rings. The summed E-state index contributed by atoms with van der Waals surface area (Å²) in [6, 6.07) is 4.94. The van der Waals surface area contributed by atoms with E-state index in [1.807, 2.05) is 18.5 Å². The number of rotatable bonds is 7. The Morgan fingerprint density at radius 2 is 2.22 bits per heavy atom. The number of nitrogens with one attached hydrogen (secondary N) is 1. The molecule has 1 aliphatic carbocycles. The summed E-state index contributed by atoms with van der Waals surface area (Å²) in [5.74, 6) is 0. The van der Waals surface area contributed by atoms with Gasteiger partial charge < -0.3 is 10.2 Å². The lowest BCUT2D eigenvalue weighted by Crippen LogP contribution is -2.39. The van der Waals surface area contributed by atoms with Gasteiger partial charge >= 0.3 is 0 Å². The molecule has 1 saturated carbocycles. The van der Waals surface area contributed by atoms with E-state index in [-0.39, 0.29) is 0 Å². The van der Waals surface area contributed by atoms with Crippen LogP contribution in [-0.2, 0) is 6.54 Å². The lowest BCUT2D eigenvalue weighted by atomic mass is 9.92. The van der Waals surface area contributed by atoms with Crippen LogP contribution in [0.2, 0.25) is 0 Å². The zero-order chi connectivity index (χ0) is 13.0. The highest BCUT2D eigenvalue weighted by molar-refractivity contribution is 5.08. The van der Waals surface area contributed by atoms with E-state index in [1.165, 1.54) is 18.4 Å². The van der Waals surface area contributed by atoms with Crippen LogP contribution in [0, 0.1) is 5.41 Å². The minimum Gasteiger partial charge on any atom is -0.313 e. The van der Waals surface area contributed by atoms with Gasteiger partial charge in [-0.05, 0) is 36.9 Å². The summed E-state index contributed by atoms with van der Waals surface area (Å²) >= 11 is 0. The van der Waals surface area contributed by atoms with Crippen molar-refractivity contribution in [3.8, 4) is 0 Å². The van der Waals surface area contributed by atoms with E-state index < -0.39 is 0 Å². The van der Waals surface area contributed by atoms with Crippen molar-refractivity contribution in [1.29, 1.82) is 0 Å². The third-order valence-corrected chi connectivity index (χ3v) is 3.32. The molecule has 1 aliphatic rings. The van der Waals surface area contributed by atoms with Gasteiger partial charge in [-0.25, -0.2) is 0 Å². The summed E-state index contributed by atoms with van der Waals surface area (Å²) in [6.45, 7) is 7.85. The van der Waals surface area contributed by atoms with E-state index in [1.54, 1.807) is 0 Å². The van der Waals surface area contributed by atoms with E-state index in [2.05, 4.69) is 42.2 Å². The first kappa shape index (κ1) is 13.5. The second kappa shape index (κ2) is 5.81. The molecule has 2 rings (SSSR count). The predicted molar refractivity (Wildman–Crippen MR) is 75.4 cm³/mol. The van der Waals surface area contributed by atoms with Crippen LogP contribution < -0.4 is 5.32 Å². The third kappa shape index (κ3) is 4.75. The van der Waals surface area contributed by atoms with Crippen molar-refractivity contribution >= 4 is 0 Å². The van der Waals surface area contributed by atoms with Gasteiger partial charge in [-0.2, -0.15) is 0 Å². The maximum absolute atomic E-state index is 4.16. The van der Waals surface area contributed by atoms with Crippen LogP contribution in [-0.4, -0.2) is 36.1 Å².